The summed E-state index contributed by atoms with van der Waals surface area (Å²) in [6, 6.07) is 7.25. The van der Waals surface area contributed by atoms with Gasteiger partial charge in [0.05, 0.1) is 12.3 Å². The minimum Gasteiger partial charge on any atom is -0.423 e. The molecule has 0 radical (unpaired) electrons. The van der Waals surface area contributed by atoms with Crippen LogP contribution in [0.4, 0.5) is 0 Å². The Kier molecular flexibility index (Phi) is 5.77. The molecule has 0 bridgehead atoms. The summed E-state index contributed by atoms with van der Waals surface area (Å²) in [5.41, 5.74) is 1.97. The molecule has 0 aliphatic carbocycles. The number of ether oxygens (including phenoxy) is 2. The first-order valence-electron chi connectivity index (χ1n) is 8.96. The highest BCUT2D eigenvalue weighted by molar-refractivity contribution is 6.30. The van der Waals surface area contributed by atoms with Crippen LogP contribution in [0.5, 0.6) is 5.75 Å². The van der Waals surface area contributed by atoms with Crippen LogP contribution in [0.2, 0.25) is 5.02 Å². The highest BCUT2D eigenvalue weighted by Crippen LogP contribution is 2.41. The number of aryl methyl sites for hydroxylation is 1. The van der Waals surface area contributed by atoms with Gasteiger partial charge < -0.3 is 9.47 Å². The van der Waals surface area contributed by atoms with E-state index in [1.165, 1.54) is 0 Å². The van der Waals surface area contributed by atoms with E-state index in [2.05, 4.69) is 9.82 Å². The lowest BCUT2D eigenvalue weighted by Gasteiger charge is -2.26. The summed E-state index contributed by atoms with van der Waals surface area (Å²) in [6.45, 7) is 6.87. The van der Waals surface area contributed by atoms with Crippen molar-refractivity contribution in [2.75, 3.05) is 0 Å². The molecule has 0 N–H and O–H groups in total. The second-order valence-electron chi connectivity index (χ2n) is 7.85. The molecule has 0 fully saturated rings. The molecule has 0 saturated heterocycles. The van der Waals surface area contributed by atoms with E-state index >= 15 is 0 Å². The van der Waals surface area contributed by atoms with Crippen LogP contribution >= 0.6 is 11.6 Å². The minimum absolute atomic E-state index is 0.213. The van der Waals surface area contributed by atoms with Crippen LogP contribution in [0.25, 0.3) is 0 Å². The fourth-order valence-electron chi connectivity index (χ4n) is 3.13. The predicted molar refractivity (Wildman–Crippen MR) is 104 cm³/mol. The van der Waals surface area contributed by atoms with E-state index in [4.69, 9.17) is 21.1 Å². The molecular formula is C20H21ClN2O6. The van der Waals surface area contributed by atoms with Crippen molar-refractivity contribution < 1.29 is 24.2 Å². The number of pyridine rings is 1. The van der Waals surface area contributed by atoms with Gasteiger partial charge in [0.25, 0.3) is 5.09 Å². The Morgan fingerprint density at radius 1 is 1.34 bits per heavy atom. The highest BCUT2D eigenvalue weighted by atomic mass is 35.5. The van der Waals surface area contributed by atoms with Crippen molar-refractivity contribution >= 4 is 17.6 Å². The van der Waals surface area contributed by atoms with Crippen molar-refractivity contribution in [1.82, 2.24) is 4.98 Å². The fraction of sp³-hybridized carbons (Fsp3) is 0.400. The molecule has 0 spiro atoms. The first kappa shape index (κ1) is 21.0. The second-order valence-corrected chi connectivity index (χ2v) is 8.28. The maximum Gasteiger partial charge on any atom is 0.341 e. The Morgan fingerprint density at radius 2 is 2.00 bits per heavy atom. The highest BCUT2D eigenvalue weighted by Gasteiger charge is 2.38. The molecule has 3 rings (SSSR count). The minimum atomic E-state index is -1.39. The van der Waals surface area contributed by atoms with Gasteiger partial charge >= 0.3 is 5.97 Å². The van der Waals surface area contributed by atoms with E-state index in [9.17, 15) is 14.9 Å². The van der Waals surface area contributed by atoms with Gasteiger partial charge in [-0.05, 0) is 30.0 Å². The van der Waals surface area contributed by atoms with Gasteiger partial charge in [0.1, 0.15) is 6.10 Å². The number of benzene rings is 1. The van der Waals surface area contributed by atoms with Gasteiger partial charge in [0.2, 0.25) is 6.10 Å². The Labute approximate surface area is 172 Å². The number of nitrogens with zero attached hydrogens (tertiary/aromatic N) is 2. The topological polar surface area (TPSA) is 101 Å². The van der Waals surface area contributed by atoms with E-state index in [1.807, 2.05) is 12.1 Å². The van der Waals surface area contributed by atoms with Crippen LogP contribution in [0, 0.1) is 22.5 Å². The summed E-state index contributed by atoms with van der Waals surface area (Å²) in [5, 5.41) is 10.4. The number of fused-ring (bicyclic) bond motifs is 1. The van der Waals surface area contributed by atoms with Gasteiger partial charge in [0.15, 0.2) is 5.75 Å². The van der Waals surface area contributed by atoms with Gasteiger partial charge in [-0.2, -0.15) is 0 Å². The standard InChI is InChI=1S/C20H21ClN2O6/c1-11-16(28-19(24)18(20(2,3)4)29-23(25)26)15-10-27-17(14(15)9-22-11)12-5-7-13(21)8-6-12/h5-9,17-18H,10H2,1-4H3/t17-,18+/m0/s1. The molecule has 2 heterocycles. The van der Waals surface area contributed by atoms with E-state index in [1.54, 1.807) is 46.0 Å². The first-order valence-corrected chi connectivity index (χ1v) is 9.34. The van der Waals surface area contributed by atoms with Crippen LogP contribution in [-0.2, 0) is 21.0 Å². The molecule has 1 aliphatic heterocycles. The van der Waals surface area contributed by atoms with E-state index < -0.39 is 22.6 Å². The number of rotatable bonds is 5. The molecule has 29 heavy (non-hydrogen) atoms. The van der Waals surface area contributed by atoms with Gasteiger partial charge in [-0.1, -0.05) is 44.5 Å². The average molecular weight is 421 g/mol. The maximum absolute atomic E-state index is 12.7. The molecule has 0 unspecified atom stereocenters. The summed E-state index contributed by atoms with van der Waals surface area (Å²) in [6.07, 6.45) is -0.0772. The summed E-state index contributed by atoms with van der Waals surface area (Å²) >= 11 is 5.95. The summed E-state index contributed by atoms with van der Waals surface area (Å²) in [4.78, 5) is 32.4. The van der Waals surface area contributed by atoms with Crippen molar-refractivity contribution in [3.63, 3.8) is 0 Å². The van der Waals surface area contributed by atoms with E-state index in [0.29, 0.717) is 16.3 Å². The molecule has 154 valence electrons. The van der Waals surface area contributed by atoms with Gasteiger partial charge in [-0.25, -0.2) is 4.79 Å². The molecule has 0 amide bonds. The summed E-state index contributed by atoms with van der Waals surface area (Å²) in [5.74, 6) is -0.618. The zero-order valence-electron chi connectivity index (χ0n) is 16.5. The Bertz CT molecular complexity index is 939. The zero-order chi connectivity index (χ0) is 21.3. The third-order valence-electron chi connectivity index (χ3n) is 4.59. The lowest BCUT2D eigenvalue weighted by molar-refractivity contribution is -0.768. The lowest BCUT2D eigenvalue weighted by Crippen LogP contribution is -2.41. The third kappa shape index (κ3) is 4.49. The van der Waals surface area contributed by atoms with E-state index in [-0.39, 0.29) is 18.5 Å². The molecule has 2 aromatic rings. The van der Waals surface area contributed by atoms with Crippen molar-refractivity contribution in [3.05, 3.63) is 68.0 Å². The summed E-state index contributed by atoms with van der Waals surface area (Å²) < 4.78 is 11.5. The number of halogens is 1. The van der Waals surface area contributed by atoms with Crippen LogP contribution < -0.4 is 4.74 Å². The molecule has 1 aliphatic rings. The van der Waals surface area contributed by atoms with E-state index in [0.717, 1.165) is 11.1 Å². The molecule has 0 saturated carbocycles. The number of carbonyl (C=O) groups is 1. The summed E-state index contributed by atoms with van der Waals surface area (Å²) in [7, 11) is 0. The fourth-order valence-corrected chi connectivity index (χ4v) is 3.25. The Hall–Kier alpha value is -2.71. The molecule has 9 heteroatoms. The maximum atomic E-state index is 12.7. The van der Waals surface area contributed by atoms with Crippen LogP contribution in [0.1, 0.15) is 49.3 Å². The molecular weight excluding hydrogens is 400 g/mol. The van der Waals surface area contributed by atoms with Crippen molar-refractivity contribution in [2.45, 2.75) is 46.5 Å². The van der Waals surface area contributed by atoms with Crippen molar-refractivity contribution in [2.24, 2.45) is 5.41 Å². The second kappa shape index (κ2) is 7.96. The SMILES string of the molecule is Cc1ncc2c(c1OC(=O)[C@@H](O[N+](=O)[O-])C(C)(C)C)CO[C@H]2c1ccc(Cl)cc1. The molecule has 1 aromatic heterocycles. The third-order valence-corrected chi connectivity index (χ3v) is 4.84. The predicted octanol–water partition coefficient (Wildman–Crippen LogP) is 4.19. The van der Waals surface area contributed by atoms with Gasteiger partial charge in [0, 0.05) is 22.3 Å². The number of esters is 1. The lowest BCUT2D eigenvalue weighted by atomic mass is 9.89. The molecule has 1 aromatic carbocycles. The zero-order valence-corrected chi connectivity index (χ0v) is 17.2. The Balaban J connectivity index is 1.92. The van der Waals surface area contributed by atoms with Crippen LogP contribution in [0.3, 0.4) is 0 Å². The number of aromatic nitrogens is 1. The monoisotopic (exact) mass is 420 g/mol. The number of hydrogen-bond acceptors (Lipinski definition) is 7. The molecule has 2 atom stereocenters. The first-order chi connectivity index (χ1) is 13.6. The Morgan fingerprint density at radius 3 is 2.59 bits per heavy atom. The molecule has 8 nitrogen and oxygen atoms in total. The van der Waals surface area contributed by atoms with Gasteiger partial charge in [-0.3, -0.25) is 9.82 Å². The van der Waals surface area contributed by atoms with Crippen molar-refractivity contribution in [3.8, 4) is 5.75 Å². The van der Waals surface area contributed by atoms with Crippen LogP contribution in [0.15, 0.2) is 30.5 Å². The number of hydrogen-bond donors (Lipinski definition) is 0. The van der Waals surface area contributed by atoms with Crippen molar-refractivity contribution in [1.29, 1.82) is 0 Å². The van der Waals surface area contributed by atoms with Gasteiger partial charge in [-0.15, -0.1) is 10.1 Å². The quantitative estimate of drug-likeness (QED) is 0.406. The van der Waals surface area contributed by atoms with Crippen LogP contribution in [-0.4, -0.2) is 22.1 Å². The largest absolute Gasteiger partial charge is 0.423 e. The number of carbonyl (C=O) groups excluding carboxylic acids is 1. The smallest absolute Gasteiger partial charge is 0.341 e. The normalized spacial score (nSPS) is 16.8. The average Bonchev–Trinajstić information content (AvgIpc) is 3.06.